The highest BCUT2D eigenvalue weighted by Crippen LogP contribution is 2.30. The van der Waals surface area contributed by atoms with Crippen LogP contribution in [0.15, 0.2) is 11.5 Å². The highest BCUT2D eigenvalue weighted by atomic mass is 16.7. The van der Waals surface area contributed by atoms with E-state index in [-0.39, 0.29) is 5.76 Å². The Morgan fingerprint density at radius 2 is 2.00 bits per heavy atom. The van der Waals surface area contributed by atoms with Crippen LogP contribution in [0.3, 0.4) is 0 Å². The van der Waals surface area contributed by atoms with Crippen molar-refractivity contribution < 1.29 is 30.3 Å². The zero-order chi connectivity index (χ0) is 9.35. The second-order valence-corrected chi connectivity index (χ2v) is 2.47. The summed E-state index contributed by atoms with van der Waals surface area (Å²) in [4.78, 5) is 0. The third-order valence-corrected chi connectivity index (χ3v) is 1.64. The van der Waals surface area contributed by atoms with Crippen molar-refractivity contribution in [3.63, 3.8) is 0 Å². The van der Waals surface area contributed by atoms with E-state index in [9.17, 15) is 5.11 Å². The zero-order valence-corrected chi connectivity index (χ0v) is 6.14. The Balaban J connectivity index is 2.85. The second-order valence-electron chi connectivity index (χ2n) is 2.47. The van der Waals surface area contributed by atoms with Crippen molar-refractivity contribution in [3.05, 3.63) is 11.5 Å². The third kappa shape index (κ3) is 1.14. The Kier molecular flexibility index (Phi) is 2.25. The van der Waals surface area contributed by atoms with Crippen molar-refractivity contribution in [2.75, 3.05) is 13.2 Å². The molecule has 0 saturated carbocycles. The molecule has 0 aromatic heterocycles. The van der Waals surface area contributed by atoms with Gasteiger partial charge in [-0.25, -0.2) is 0 Å². The third-order valence-electron chi connectivity index (χ3n) is 1.64. The number of aliphatic hydroxyl groups excluding tert-OH is 4. The minimum Gasteiger partial charge on any atom is -0.506 e. The van der Waals surface area contributed by atoms with Gasteiger partial charge in [-0.2, -0.15) is 0 Å². The van der Waals surface area contributed by atoms with E-state index in [1.54, 1.807) is 0 Å². The maximum atomic E-state index is 9.21. The lowest BCUT2D eigenvalue weighted by molar-refractivity contribution is -0.231. The van der Waals surface area contributed by atoms with Gasteiger partial charge in [0, 0.05) is 0 Å². The van der Waals surface area contributed by atoms with Crippen LogP contribution in [0.1, 0.15) is 0 Å². The molecular weight excluding hydrogens is 168 g/mol. The van der Waals surface area contributed by atoms with E-state index in [0.717, 1.165) is 0 Å². The fourth-order valence-electron chi connectivity index (χ4n) is 0.920. The van der Waals surface area contributed by atoms with Crippen LogP contribution in [0.5, 0.6) is 0 Å². The number of ether oxygens (including phenoxy) is 1. The molecule has 0 spiro atoms. The van der Waals surface area contributed by atoms with Crippen LogP contribution in [-0.4, -0.2) is 50.6 Å². The smallest absolute Gasteiger partial charge is 0.264 e. The Morgan fingerprint density at radius 3 is 2.25 bits per heavy atom. The lowest BCUT2D eigenvalue weighted by Gasteiger charge is -2.23. The lowest BCUT2D eigenvalue weighted by Crippen LogP contribution is -2.44. The molecule has 0 radical (unpaired) electrons. The van der Waals surface area contributed by atoms with Crippen molar-refractivity contribution >= 4 is 0 Å². The first-order valence-electron chi connectivity index (χ1n) is 3.28. The summed E-state index contributed by atoms with van der Waals surface area (Å²) in [7, 11) is 0. The first-order valence-corrected chi connectivity index (χ1v) is 3.28. The van der Waals surface area contributed by atoms with E-state index < -0.39 is 30.9 Å². The average Bonchev–Trinajstić information content (AvgIpc) is 2.31. The Bertz CT molecular complexity index is 212. The van der Waals surface area contributed by atoms with Crippen molar-refractivity contribution in [3.8, 4) is 0 Å². The predicted molar refractivity (Wildman–Crippen MR) is 35.9 cm³/mol. The predicted octanol–water partition coefficient (Wildman–Crippen LogP) is -2.18. The van der Waals surface area contributed by atoms with Crippen LogP contribution in [-0.2, 0) is 4.74 Å². The molecule has 2 atom stereocenters. The fourth-order valence-corrected chi connectivity index (χ4v) is 0.920. The quantitative estimate of drug-likeness (QED) is 0.329. The van der Waals surface area contributed by atoms with Gasteiger partial charge in [0.15, 0.2) is 17.6 Å². The monoisotopic (exact) mass is 178 g/mol. The summed E-state index contributed by atoms with van der Waals surface area (Å²) in [6.07, 6.45) is -1.72. The van der Waals surface area contributed by atoms with Crippen LogP contribution in [0.2, 0.25) is 0 Å². The molecule has 0 aromatic rings. The summed E-state index contributed by atoms with van der Waals surface area (Å²) in [6.45, 7) is -1.52. The van der Waals surface area contributed by atoms with E-state index in [1.807, 2.05) is 0 Å². The van der Waals surface area contributed by atoms with Crippen LogP contribution in [0.25, 0.3) is 0 Å². The summed E-state index contributed by atoms with van der Waals surface area (Å²) in [5.74, 6) is -3.23. The largest absolute Gasteiger partial charge is 0.506 e. The van der Waals surface area contributed by atoms with Crippen molar-refractivity contribution in [1.29, 1.82) is 0 Å². The molecule has 6 nitrogen and oxygen atoms in total. The minimum absolute atomic E-state index is 0.334. The maximum absolute atomic E-state index is 9.21. The second kappa shape index (κ2) is 2.91. The van der Waals surface area contributed by atoms with E-state index in [0.29, 0.717) is 0 Å². The average molecular weight is 178 g/mol. The number of rotatable bonds is 2. The summed E-state index contributed by atoms with van der Waals surface area (Å²) in [5.41, 5.74) is 0. The van der Waals surface area contributed by atoms with E-state index in [1.165, 1.54) is 0 Å². The normalized spacial score (nSPS) is 35.5. The first kappa shape index (κ1) is 9.27. The molecule has 12 heavy (non-hydrogen) atoms. The van der Waals surface area contributed by atoms with E-state index >= 15 is 0 Å². The molecule has 1 aliphatic rings. The van der Waals surface area contributed by atoms with Gasteiger partial charge in [0.05, 0.1) is 0 Å². The number of aliphatic hydroxyl groups is 5. The van der Waals surface area contributed by atoms with Crippen LogP contribution < -0.4 is 0 Å². The molecular formula is C6H10O6. The minimum atomic E-state index is -2.23. The molecule has 0 bridgehead atoms. The SMILES string of the molecule is OCC1=C(O)C(O)[C@@](O)(CO)O1. The Labute approximate surface area is 68.0 Å². The standard InChI is InChI=1S/C6H10O6/c7-1-3-4(9)5(10)6(11,2-8)12-3/h5,7-11H,1-2H2/t5?,6-/m1/s1. The van der Waals surface area contributed by atoms with E-state index in [4.69, 9.17) is 20.4 Å². The van der Waals surface area contributed by atoms with Crippen LogP contribution in [0, 0.1) is 0 Å². The number of hydrogen-bond donors (Lipinski definition) is 5. The van der Waals surface area contributed by atoms with Gasteiger partial charge in [-0.15, -0.1) is 0 Å². The van der Waals surface area contributed by atoms with Crippen molar-refractivity contribution in [2.24, 2.45) is 0 Å². The first-order chi connectivity index (χ1) is 5.55. The Hall–Kier alpha value is -0.820. The van der Waals surface area contributed by atoms with Crippen LogP contribution in [0.4, 0.5) is 0 Å². The molecule has 6 heteroatoms. The van der Waals surface area contributed by atoms with Gasteiger partial charge in [0.1, 0.15) is 13.2 Å². The fraction of sp³-hybridized carbons (Fsp3) is 0.667. The molecule has 1 heterocycles. The van der Waals surface area contributed by atoms with Crippen LogP contribution >= 0.6 is 0 Å². The van der Waals surface area contributed by atoms with Crippen molar-refractivity contribution in [2.45, 2.75) is 11.9 Å². The van der Waals surface area contributed by atoms with Gasteiger partial charge in [0.25, 0.3) is 5.79 Å². The molecule has 5 N–H and O–H groups in total. The summed E-state index contributed by atoms with van der Waals surface area (Å²) < 4.78 is 4.51. The molecule has 0 aromatic carbocycles. The summed E-state index contributed by atoms with van der Waals surface area (Å²) >= 11 is 0. The van der Waals surface area contributed by atoms with Gasteiger partial charge >= 0.3 is 0 Å². The Morgan fingerprint density at radius 1 is 1.42 bits per heavy atom. The topological polar surface area (TPSA) is 110 Å². The summed E-state index contributed by atoms with van der Waals surface area (Å²) in [6, 6.07) is 0. The van der Waals surface area contributed by atoms with Gasteiger partial charge in [-0.05, 0) is 0 Å². The molecule has 0 amide bonds. The number of hydrogen-bond acceptors (Lipinski definition) is 6. The highest BCUT2D eigenvalue weighted by molar-refractivity contribution is 5.16. The molecule has 1 unspecified atom stereocenters. The lowest BCUT2D eigenvalue weighted by atomic mass is 10.1. The van der Waals surface area contributed by atoms with Gasteiger partial charge in [-0.3, -0.25) is 0 Å². The summed E-state index contributed by atoms with van der Waals surface area (Å²) in [5, 5.41) is 44.4. The van der Waals surface area contributed by atoms with Gasteiger partial charge in [-0.1, -0.05) is 0 Å². The zero-order valence-electron chi connectivity index (χ0n) is 6.14. The van der Waals surface area contributed by atoms with Gasteiger partial charge in [0.2, 0.25) is 0 Å². The van der Waals surface area contributed by atoms with Gasteiger partial charge < -0.3 is 30.3 Å². The molecule has 70 valence electrons. The van der Waals surface area contributed by atoms with Crippen molar-refractivity contribution in [1.82, 2.24) is 0 Å². The molecule has 0 saturated heterocycles. The van der Waals surface area contributed by atoms with E-state index in [2.05, 4.69) is 4.74 Å². The molecule has 1 aliphatic heterocycles. The highest BCUT2D eigenvalue weighted by Gasteiger charge is 2.48. The molecule has 0 fully saturated rings. The maximum Gasteiger partial charge on any atom is 0.264 e. The molecule has 0 aliphatic carbocycles. The molecule has 1 rings (SSSR count).